The second kappa shape index (κ2) is 5.62. The van der Waals surface area contributed by atoms with E-state index in [-0.39, 0.29) is 5.76 Å². The molecule has 23 heavy (non-hydrogen) atoms. The van der Waals surface area contributed by atoms with Gasteiger partial charge in [-0.2, -0.15) is 0 Å². The van der Waals surface area contributed by atoms with Gasteiger partial charge in [-0.15, -0.1) is 0 Å². The molecule has 0 fully saturated rings. The Balaban J connectivity index is 1.83. The van der Waals surface area contributed by atoms with Gasteiger partial charge in [0.2, 0.25) is 0 Å². The first-order valence-electron chi connectivity index (χ1n) is 7.24. The van der Waals surface area contributed by atoms with Crippen molar-refractivity contribution in [1.82, 2.24) is 9.88 Å². The molecule has 0 aliphatic carbocycles. The second-order valence-electron chi connectivity index (χ2n) is 5.23. The minimum Gasteiger partial charge on any atom is -0.507 e. The zero-order valence-electron chi connectivity index (χ0n) is 12.1. The first-order chi connectivity index (χ1) is 11.2. The van der Waals surface area contributed by atoms with Gasteiger partial charge in [0.25, 0.3) is 0 Å². The van der Waals surface area contributed by atoms with Crippen molar-refractivity contribution in [3.63, 3.8) is 0 Å². The number of fused-ring (bicyclic) bond motifs is 3. The van der Waals surface area contributed by atoms with E-state index in [0.29, 0.717) is 11.4 Å². The van der Waals surface area contributed by atoms with E-state index in [2.05, 4.69) is 25.9 Å². The molecule has 0 radical (unpaired) electrons. The maximum absolute atomic E-state index is 10.4. The molecule has 1 aromatic carbocycles. The first kappa shape index (κ1) is 14.1. The Bertz CT molecular complexity index is 858. The summed E-state index contributed by atoms with van der Waals surface area (Å²) in [6.45, 7) is 1.48. The fourth-order valence-electron chi connectivity index (χ4n) is 2.72. The van der Waals surface area contributed by atoms with Gasteiger partial charge < -0.3 is 10.0 Å². The van der Waals surface area contributed by atoms with Gasteiger partial charge in [0.05, 0.1) is 12.2 Å². The molecule has 1 aromatic heterocycles. The number of pyridine rings is 1. The number of aliphatic imine (C=N–C) groups is 2. The van der Waals surface area contributed by atoms with Crippen molar-refractivity contribution in [2.75, 3.05) is 13.1 Å². The Morgan fingerprint density at radius 2 is 2.17 bits per heavy atom. The Morgan fingerprint density at radius 3 is 3.00 bits per heavy atom. The number of nitrogens with zero attached hydrogens (tertiary/aromatic N) is 4. The van der Waals surface area contributed by atoms with E-state index in [4.69, 9.17) is 4.99 Å². The maximum atomic E-state index is 10.4. The number of amidine groups is 2. The van der Waals surface area contributed by atoms with Crippen LogP contribution in [-0.4, -0.2) is 39.8 Å². The molecule has 0 unspecified atom stereocenters. The van der Waals surface area contributed by atoms with Crippen molar-refractivity contribution in [2.24, 2.45) is 9.98 Å². The van der Waals surface area contributed by atoms with E-state index in [1.165, 1.54) is 0 Å². The Morgan fingerprint density at radius 1 is 1.26 bits per heavy atom. The predicted octanol–water partition coefficient (Wildman–Crippen LogP) is 3.55. The molecular formula is C17H13BrN4O. The molecule has 1 N–H and O–H groups in total. The van der Waals surface area contributed by atoms with Gasteiger partial charge in [-0.25, -0.2) is 4.99 Å². The van der Waals surface area contributed by atoms with E-state index >= 15 is 0 Å². The van der Waals surface area contributed by atoms with Crippen LogP contribution in [-0.2, 0) is 0 Å². The molecule has 2 aromatic rings. The van der Waals surface area contributed by atoms with Gasteiger partial charge in [0.15, 0.2) is 0 Å². The number of aromatic nitrogens is 1. The summed E-state index contributed by atoms with van der Waals surface area (Å²) >= 11 is 3.54. The van der Waals surface area contributed by atoms with Gasteiger partial charge in [-0.3, -0.25) is 9.98 Å². The number of benzene rings is 1. The highest BCUT2D eigenvalue weighted by atomic mass is 79.9. The third-order valence-corrected chi connectivity index (χ3v) is 4.43. The smallest absolute Gasteiger partial charge is 0.138 e. The van der Waals surface area contributed by atoms with Crippen LogP contribution >= 0.6 is 15.9 Å². The van der Waals surface area contributed by atoms with Gasteiger partial charge in [0.1, 0.15) is 17.4 Å². The number of halogens is 1. The first-order valence-corrected chi connectivity index (χ1v) is 8.04. The lowest BCUT2D eigenvalue weighted by molar-refractivity contribution is 0.511. The minimum atomic E-state index is 0.138. The van der Waals surface area contributed by atoms with Crippen LogP contribution in [0.5, 0.6) is 0 Å². The van der Waals surface area contributed by atoms with Crippen LogP contribution in [0.15, 0.2) is 63.3 Å². The van der Waals surface area contributed by atoms with Crippen molar-refractivity contribution < 1.29 is 5.11 Å². The van der Waals surface area contributed by atoms with E-state index in [1.54, 1.807) is 24.5 Å². The van der Waals surface area contributed by atoms with E-state index in [9.17, 15) is 5.11 Å². The Kier molecular flexibility index (Phi) is 3.46. The van der Waals surface area contributed by atoms with E-state index in [0.717, 1.165) is 34.6 Å². The molecule has 3 heterocycles. The number of aliphatic hydroxyl groups is 1. The summed E-state index contributed by atoms with van der Waals surface area (Å²) < 4.78 is 0.913. The van der Waals surface area contributed by atoms with Crippen molar-refractivity contribution in [2.45, 2.75) is 0 Å². The molecule has 4 rings (SSSR count). The van der Waals surface area contributed by atoms with Crippen molar-refractivity contribution in [3.8, 4) is 0 Å². The molecule has 5 nitrogen and oxygen atoms in total. The molecule has 114 valence electrons. The third-order valence-electron chi connectivity index (χ3n) is 3.79. The number of aliphatic hydroxyl groups excluding tert-OH is 1. The third kappa shape index (κ3) is 2.45. The monoisotopic (exact) mass is 368 g/mol. The lowest BCUT2D eigenvalue weighted by Gasteiger charge is -2.26. The summed E-state index contributed by atoms with van der Waals surface area (Å²) in [5, 5.41) is 10.4. The van der Waals surface area contributed by atoms with Gasteiger partial charge in [-0.05, 0) is 40.2 Å². The van der Waals surface area contributed by atoms with Crippen LogP contribution in [0.25, 0.3) is 5.76 Å². The lowest BCUT2D eigenvalue weighted by atomic mass is 10.1. The highest BCUT2D eigenvalue weighted by molar-refractivity contribution is 9.10. The molecule has 2 aliphatic rings. The van der Waals surface area contributed by atoms with Crippen LogP contribution in [0.2, 0.25) is 0 Å². The average molecular weight is 369 g/mol. The van der Waals surface area contributed by atoms with Crippen LogP contribution in [0.1, 0.15) is 11.1 Å². The summed E-state index contributed by atoms with van der Waals surface area (Å²) in [5.74, 6) is 1.72. The zero-order chi connectivity index (χ0) is 15.8. The van der Waals surface area contributed by atoms with Gasteiger partial charge >= 0.3 is 0 Å². The van der Waals surface area contributed by atoms with Crippen molar-refractivity contribution >= 4 is 39.0 Å². The van der Waals surface area contributed by atoms with Crippen LogP contribution in [0.4, 0.5) is 5.69 Å². The fraction of sp³-hybridized carbons (Fsp3) is 0.118. The quantitative estimate of drug-likeness (QED) is 0.824. The van der Waals surface area contributed by atoms with Crippen LogP contribution < -0.4 is 0 Å². The molecule has 0 spiro atoms. The Hall–Kier alpha value is -2.47. The summed E-state index contributed by atoms with van der Waals surface area (Å²) in [4.78, 5) is 15.4. The molecule has 6 heteroatoms. The van der Waals surface area contributed by atoms with Gasteiger partial charge in [0, 0.05) is 40.6 Å². The number of para-hydroxylation sites is 1. The number of hydrogen-bond acceptors (Lipinski definition) is 5. The lowest BCUT2D eigenvalue weighted by Crippen LogP contribution is -2.36. The Labute approximate surface area is 141 Å². The van der Waals surface area contributed by atoms with Crippen LogP contribution in [0.3, 0.4) is 0 Å². The SMILES string of the molecule is O/C(=C\C1=Nc2c(Br)cccc2C2=NCCN12)c1cccnc1. The fourth-order valence-corrected chi connectivity index (χ4v) is 3.17. The highest BCUT2D eigenvalue weighted by Gasteiger charge is 2.29. The molecule has 2 aliphatic heterocycles. The summed E-state index contributed by atoms with van der Waals surface area (Å²) in [6, 6.07) is 9.55. The predicted molar refractivity (Wildman–Crippen MR) is 94.2 cm³/mol. The average Bonchev–Trinajstić information content (AvgIpc) is 3.07. The van der Waals surface area contributed by atoms with E-state index < -0.39 is 0 Å². The minimum absolute atomic E-state index is 0.138. The topological polar surface area (TPSA) is 61.1 Å². The largest absolute Gasteiger partial charge is 0.507 e. The maximum Gasteiger partial charge on any atom is 0.138 e. The molecule has 0 atom stereocenters. The highest BCUT2D eigenvalue weighted by Crippen LogP contribution is 2.35. The summed E-state index contributed by atoms with van der Waals surface area (Å²) in [6.07, 6.45) is 4.96. The van der Waals surface area contributed by atoms with Crippen molar-refractivity contribution in [3.05, 3.63) is 64.4 Å². The normalized spacial score (nSPS) is 16.6. The summed E-state index contributed by atoms with van der Waals surface area (Å²) in [5.41, 5.74) is 2.51. The van der Waals surface area contributed by atoms with Crippen molar-refractivity contribution in [1.29, 1.82) is 0 Å². The van der Waals surface area contributed by atoms with Gasteiger partial charge in [-0.1, -0.05) is 6.07 Å². The van der Waals surface area contributed by atoms with Crippen LogP contribution in [0, 0.1) is 0 Å². The number of rotatable bonds is 2. The second-order valence-corrected chi connectivity index (χ2v) is 6.09. The zero-order valence-corrected chi connectivity index (χ0v) is 13.7. The molecule has 0 amide bonds. The molecule has 0 bridgehead atoms. The molecule has 0 saturated heterocycles. The summed E-state index contributed by atoms with van der Waals surface area (Å²) in [7, 11) is 0. The van der Waals surface area contributed by atoms with E-state index in [1.807, 2.05) is 29.2 Å². The standard InChI is InChI=1S/C17H13BrN4O/c18-13-5-1-4-12-16(13)21-15(22-8-7-20-17(12)22)9-14(23)11-3-2-6-19-10-11/h1-6,9-10,23H,7-8H2/b14-9-. The molecular weight excluding hydrogens is 356 g/mol. The number of hydrogen-bond donors (Lipinski definition) is 1. The molecule has 0 saturated carbocycles.